The Labute approximate surface area is 99.0 Å². The van der Waals surface area contributed by atoms with Crippen LogP contribution in [0.15, 0.2) is 30.3 Å². The van der Waals surface area contributed by atoms with Crippen LogP contribution in [0.3, 0.4) is 0 Å². The number of hydrogen-bond acceptors (Lipinski definition) is 1. The Bertz CT molecular complexity index is 298. The van der Waals surface area contributed by atoms with Gasteiger partial charge in [0.1, 0.15) is 0 Å². The van der Waals surface area contributed by atoms with E-state index in [0.717, 1.165) is 18.4 Å². The summed E-state index contributed by atoms with van der Waals surface area (Å²) in [7, 11) is 0. The van der Waals surface area contributed by atoms with Gasteiger partial charge in [-0.15, -0.1) is 0 Å². The quantitative estimate of drug-likeness (QED) is 0.823. The zero-order chi connectivity index (χ0) is 11.4. The second kappa shape index (κ2) is 5.49. The van der Waals surface area contributed by atoms with Crippen LogP contribution in [-0.4, -0.2) is 6.54 Å². The lowest BCUT2D eigenvalue weighted by Gasteiger charge is -2.32. The maximum atomic E-state index is 5.97. The molecule has 0 spiro atoms. The van der Waals surface area contributed by atoms with E-state index in [0.29, 0.717) is 5.92 Å². The van der Waals surface area contributed by atoms with Gasteiger partial charge < -0.3 is 5.73 Å². The van der Waals surface area contributed by atoms with Gasteiger partial charge in [-0.25, -0.2) is 0 Å². The van der Waals surface area contributed by atoms with Crippen molar-refractivity contribution >= 4 is 0 Å². The van der Waals surface area contributed by atoms with Gasteiger partial charge in [-0.3, -0.25) is 0 Å². The summed E-state index contributed by atoms with van der Waals surface area (Å²) in [4.78, 5) is 0. The third-order valence-electron chi connectivity index (χ3n) is 4.11. The van der Waals surface area contributed by atoms with Crippen LogP contribution in [0.1, 0.15) is 44.1 Å². The highest BCUT2D eigenvalue weighted by atomic mass is 14.6. The first kappa shape index (κ1) is 11.7. The Morgan fingerprint density at radius 3 is 2.31 bits per heavy atom. The summed E-state index contributed by atoms with van der Waals surface area (Å²) in [6, 6.07) is 10.8. The molecular formula is C15H23N. The van der Waals surface area contributed by atoms with Gasteiger partial charge in [0.2, 0.25) is 0 Å². The van der Waals surface area contributed by atoms with Gasteiger partial charge in [-0.1, -0.05) is 50.1 Å². The number of nitrogens with two attached hydrogens (primary N) is 1. The number of benzene rings is 1. The van der Waals surface area contributed by atoms with E-state index in [1.54, 1.807) is 0 Å². The van der Waals surface area contributed by atoms with Crippen molar-refractivity contribution in [2.45, 2.75) is 38.5 Å². The molecule has 1 nitrogen and oxygen atoms in total. The molecule has 0 bridgehead atoms. The summed E-state index contributed by atoms with van der Waals surface area (Å²) >= 11 is 0. The monoisotopic (exact) mass is 217 g/mol. The van der Waals surface area contributed by atoms with Gasteiger partial charge in [0.05, 0.1) is 0 Å². The Kier molecular flexibility index (Phi) is 4.00. The van der Waals surface area contributed by atoms with Crippen LogP contribution in [0.25, 0.3) is 0 Å². The molecule has 2 rings (SSSR count). The SMILES string of the molecule is CC1CCC(C(CN)c2ccccc2)CC1. The summed E-state index contributed by atoms with van der Waals surface area (Å²) < 4.78 is 0. The van der Waals surface area contributed by atoms with E-state index in [1.165, 1.54) is 31.2 Å². The first-order valence-electron chi connectivity index (χ1n) is 6.56. The van der Waals surface area contributed by atoms with Crippen molar-refractivity contribution in [2.75, 3.05) is 6.54 Å². The van der Waals surface area contributed by atoms with Gasteiger partial charge in [0.25, 0.3) is 0 Å². The molecule has 1 aromatic rings. The second-order valence-electron chi connectivity index (χ2n) is 5.27. The van der Waals surface area contributed by atoms with Gasteiger partial charge in [0, 0.05) is 0 Å². The normalized spacial score (nSPS) is 27.6. The summed E-state index contributed by atoms with van der Waals surface area (Å²) in [5.74, 6) is 2.31. The second-order valence-corrected chi connectivity index (χ2v) is 5.27. The number of rotatable bonds is 3. The molecule has 0 aliphatic heterocycles. The molecule has 1 unspecified atom stereocenters. The van der Waals surface area contributed by atoms with Crippen LogP contribution in [0.4, 0.5) is 0 Å². The zero-order valence-electron chi connectivity index (χ0n) is 10.2. The van der Waals surface area contributed by atoms with Crippen molar-refractivity contribution in [1.82, 2.24) is 0 Å². The molecule has 1 saturated carbocycles. The molecule has 88 valence electrons. The molecule has 1 aliphatic carbocycles. The molecule has 0 heterocycles. The van der Waals surface area contributed by atoms with Gasteiger partial charge in [0.15, 0.2) is 0 Å². The van der Waals surface area contributed by atoms with Gasteiger partial charge in [-0.2, -0.15) is 0 Å². The minimum atomic E-state index is 0.578. The predicted molar refractivity (Wildman–Crippen MR) is 69.4 cm³/mol. The fraction of sp³-hybridized carbons (Fsp3) is 0.600. The average Bonchev–Trinajstić information content (AvgIpc) is 2.34. The molecule has 0 saturated heterocycles. The zero-order valence-corrected chi connectivity index (χ0v) is 10.2. The summed E-state index contributed by atoms with van der Waals surface area (Å²) in [6.07, 6.45) is 5.48. The number of hydrogen-bond donors (Lipinski definition) is 1. The van der Waals surface area contributed by atoms with E-state index >= 15 is 0 Å². The maximum Gasteiger partial charge on any atom is -0.000556 e. The minimum Gasteiger partial charge on any atom is -0.330 e. The molecule has 2 N–H and O–H groups in total. The van der Waals surface area contributed by atoms with Crippen molar-refractivity contribution in [3.8, 4) is 0 Å². The van der Waals surface area contributed by atoms with E-state index in [-0.39, 0.29) is 0 Å². The lowest BCUT2D eigenvalue weighted by atomic mass is 9.74. The van der Waals surface area contributed by atoms with E-state index in [9.17, 15) is 0 Å². The van der Waals surface area contributed by atoms with E-state index < -0.39 is 0 Å². The van der Waals surface area contributed by atoms with Crippen LogP contribution >= 0.6 is 0 Å². The van der Waals surface area contributed by atoms with Crippen molar-refractivity contribution in [3.05, 3.63) is 35.9 Å². The Morgan fingerprint density at radius 1 is 1.12 bits per heavy atom. The van der Waals surface area contributed by atoms with Crippen molar-refractivity contribution < 1.29 is 0 Å². The molecule has 1 fully saturated rings. The van der Waals surface area contributed by atoms with Crippen molar-refractivity contribution in [1.29, 1.82) is 0 Å². The fourth-order valence-electron chi connectivity index (χ4n) is 2.99. The van der Waals surface area contributed by atoms with E-state index in [1.807, 2.05) is 0 Å². The molecule has 1 aromatic carbocycles. The van der Waals surface area contributed by atoms with Gasteiger partial charge in [-0.05, 0) is 42.7 Å². The highest BCUT2D eigenvalue weighted by molar-refractivity contribution is 5.20. The standard InChI is InChI=1S/C15H23N/c1-12-7-9-14(10-8-12)15(11-16)13-5-3-2-4-6-13/h2-6,12,14-15H,7-11,16H2,1H3. The third-order valence-corrected chi connectivity index (χ3v) is 4.11. The van der Waals surface area contributed by atoms with E-state index in [2.05, 4.69) is 37.3 Å². The highest BCUT2D eigenvalue weighted by Gasteiger charge is 2.25. The van der Waals surface area contributed by atoms with Crippen LogP contribution in [-0.2, 0) is 0 Å². The van der Waals surface area contributed by atoms with Gasteiger partial charge >= 0.3 is 0 Å². The molecule has 0 amide bonds. The molecule has 0 radical (unpaired) electrons. The van der Waals surface area contributed by atoms with Crippen molar-refractivity contribution in [3.63, 3.8) is 0 Å². The minimum absolute atomic E-state index is 0.578. The summed E-state index contributed by atoms with van der Waals surface area (Å²) in [5, 5.41) is 0. The average molecular weight is 217 g/mol. The molecule has 1 aliphatic rings. The Balaban J connectivity index is 2.05. The Hall–Kier alpha value is -0.820. The molecular weight excluding hydrogens is 194 g/mol. The first-order valence-corrected chi connectivity index (χ1v) is 6.56. The molecule has 1 heteroatoms. The lowest BCUT2D eigenvalue weighted by molar-refractivity contribution is 0.256. The lowest BCUT2D eigenvalue weighted by Crippen LogP contribution is -2.25. The molecule has 0 aromatic heterocycles. The fourth-order valence-corrected chi connectivity index (χ4v) is 2.99. The maximum absolute atomic E-state index is 5.97. The summed E-state index contributed by atoms with van der Waals surface area (Å²) in [5.41, 5.74) is 7.41. The van der Waals surface area contributed by atoms with Crippen LogP contribution < -0.4 is 5.73 Å². The van der Waals surface area contributed by atoms with Crippen LogP contribution in [0.2, 0.25) is 0 Å². The predicted octanol–water partition coefficient (Wildman–Crippen LogP) is 3.56. The molecule has 16 heavy (non-hydrogen) atoms. The molecule has 1 atom stereocenters. The van der Waals surface area contributed by atoms with Crippen LogP contribution in [0.5, 0.6) is 0 Å². The van der Waals surface area contributed by atoms with Crippen molar-refractivity contribution in [2.24, 2.45) is 17.6 Å². The first-order chi connectivity index (χ1) is 7.81. The highest BCUT2D eigenvalue weighted by Crippen LogP contribution is 2.37. The third kappa shape index (κ3) is 2.65. The summed E-state index contributed by atoms with van der Waals surface area (Å²) in [6.45, 7) is 3.17. The Morgan fingerprint density at radius 2 is 1.75 bits per heavy atom. The van der Waals surface area contributed by atoms with E-state index in [4.69, 9.17) is 5.73 Å². The topological polar surface area (TPSA) is 26.0 Å². The van der Waals surface area contributed by atoms with Crippen LogP contribution in [0, 0.1) is 11.8 Å². The largest absolute Gasteiger partial charge is 0.330 e. The smallest absolute Gasteiger partial charge is 0.000556 e.